The molecule has 0 saturated heterocycles. The molecule has 0 aliphatic carbocycles. The molecule has 132 valence electrons. The van der Waals surface area contributed by atoms with E-state index in [1.807, 2.05) is 48.5 Å². The van der Waals surface area contributed by atoms with Crippen molar-refractivity contribution in [2.45, 2.75) is 0 Å². The number of hydrogen-bond donors (Lipinski definition) is 0. The van der Waals surface area contributed by atoms with Gasteiger partial charge in [0.05, 0.1) is 21.3 Å². The van der Waals surface area contributed by atoms with E-state index in [1.165, 1.54) is 0 Å². The van der Waals surface area contributed by atoms with Crippen LogP contribution in [0.4, 0.5) is 0 Å². The molecule has 0 atom stereocenters. The normalized spacial score (nSPS) is 11.1. The Morgan fingerprint density at radius 3 is 1.69 bits per heavy atom. The Labute approximate surface area is 154 Å². The first-order valence-corrected chi connectivity index (χ1v) is 8.39. The molecule has 0 spiro atoms. The van der Waals surface area contributed by atoms with Crippen molar-refractivity contribution in [2.75, 3.05) is 21.3 Å². The van der Waals surface area contributed by atoms with Crippen LogP contribution in [-0.4, -0.2) is 21.3 Å². The topological polar surface area (TPSA) is 27.7 Å². The lowest BCUT2D eigenvalue weighted by Gasteiger charge is -2.16. The molecule has 0 saturated carbocycles. The molecule has 0 aromatic heterocycles. The van der Waals surface area contributed by atoms with Crippen molar-refractivity contribution in [1.82, 2.24) is 0 Å². The van der Waals surface area contributed by atoms with Crippen LogP contribution in [0.3, 0.4) is 0 Å². The Kier molecular flexibility index (Phi) is 5.59. The molecule has 3 nitrogen and oxygen atoms in total. The van der Waals surface area contributed by atoms with Gasteiger partial charge < -0.3 is 14.2 Å². The maximum Gasteiger partial charge on any atom is 0.203 e. The molecule has 26 heavy (non-hydrogen) atoms. The SMILES string of the molecule is COc1cc(C(=Cc2ccccc2)c2ccccc2)cc(OC)c1OC. The van der Waals surface area contributed by atoms with Crippen molar-refractivity contribution in [2.24, 2.45) is 0 Å². The average Bonchev–Trinajstić information content (AvgIpc) is 2.72. The molecular weight excluding hydrogens is 324 g/mol. The van der Waals surface area contributed by atoms with Crippen molar-refractivity contribution in [3.8, 4) is 17.2 Å². The fourth-order valence-corrected chi connectivity index (χ4v) is 2.90. The third-order valence-electron chi connectivity index (χ3n) is 4.17. The van der Waals surface area contributed by atoms with E-state index in [1.54, 1.807) is 21.3 Å². The highest BCUT2D eigenvalue weighted by atomic mass is 16.5. The predicted octanol–water partition coefficient (Wildman–Crippen LogP) is 5.30. The van der Waals surface area contributed by atoms with Crippen LogP contribution in [0.1, 0.15) is 16.7 Å². The fourth-order valence-electron chi connectivity index (χ4n) is 2.90. The first kappa shape index (κ1) is 17.6. The number of rotatable bonds is 6. The van der Waals surface area contributed by atoms with Gasteiger partial charge in [-0.1, -0.05) is 60.7 Å². The summed E-state index contributed by atoms with van der Waals surface area (Å²) in [6.07, 6.45) is 2.16. The summed E-state index contributed by atoms with van der Waals surface area (Å²) in [5.74, 6) is 1.86. The molecule has 0 unspecified atom stereocenters. The second-order valence-corrected chi connectivity index (χ2v) is 5.75. The smallest absolute Gasteiger partial charge is 0.203 e. The molecule has 0 radical (unpaired) electrons. The molecular formula is C23H22O3. The maximum absolute atomic E-state index is 5.52. The Hall–Kier alpha value is -3.20. The zero-order valence-electron chi connectivity index (χ0n) is 15.2. The summed E-state index contributed by atoms with van der Waals surface area (Å²) in [6, 6.07) is 24.5. The largest absolute Gasteiger partial charge is 0.493 e. The van der Waals surface area contributed by atoms with Gasteiger partial charge in [0.1, 0.15) is 0 Å². The van der Waals surface area contributed by atoms with E-state index >= 15 is 0 Å². The minimum Gasteiger partial charge on any atom is -0.493 e. The Morgan fingerprint density at radius 1 is 0.654 bits per heavy atom. The molecule has 3 aromatic carbocycles. The molecule has 0 heterocycles. The zero-order chi connectivity index (χ0) is 18.4. The highest BCUT2D eigenvalue weighted by molar-refractivity contribution is 5.92. The van der Waals surface area contributed by atoms with Crippen molar-refractivity contribution >= 4 is 11.6 Å². The number of methoxy groups -OCH3 is 3. The van der Waals surface area contributed by atoms with Crippen molar-refractivity contribution in [3.05, 3.63) is 89.5 Å². The van der Waals surface area contributed by atoms with Crippen LogP contribution < -0.4 is 14.2 Å². The van der Waals surface area contributed by atoms with Crippen LogP contribution in [0, 0.1) is 0 Å². The first-order chi connectivity index (χ1) is 12.8. The Balaban J connectivity index is 2.21. The summed E-state index contributed by atoms with van der Waals surface area (Å²) in [6.45, 7) is 0. The van der Waals surface area contributed by atoms with Gasteiger partial charge in [-0.05, 0) is 40.5 Å². The van der Waals surface area contributed by atoms with E-state index in [-0.39, 0.29) is 0 Å². The number of benzene rings is 3. The van der Waals surface area contributed by atoms with Crippen LogP contribution in [0.15, 0.2) is 72.8 Å². The van der Waals surface area contributed by atoms with Crippen LogP contribution in [0.2, 0.25) is 0 Å². The Morgan fingerprint density at radius 2 is 1.19 bits per heavy atom. The van der Waals surface area contributed by atoms with Gasteiger partial charge in [0.25, 0.3) is 0 Å². The number of ether oxygens (including phenoxy) is 3. The van der Waals surface area contributed by atoms with Gasteiger partial charge in [0.15, 0.2) is 11.5 Å². The summed E-state index contributed by atoms with van der Waals surface area (Å²) in [4.78, 5) is 0. The molecule has 0 amide bonds. The first-order valence-electron chi connectivity index (χ1n) is 8.39. The predicted molar refractivity (Wildman–Crippen MR) is 106 cm³/mol. The van der Waals surface area contributed by atoms with E-state index in [9.17, 15) is 0 Å². The molecule has 0 N–H and O–H groups in total. The molecule has 3 aromatic rings. The van der Waals surface area contributed by atoms with Crippen LogP contribution in [-0.2, 0) is 0 Å². The van der Waals surface area contributed by atoms with E-state index in [2.05, 4.69) is 30.3 Å². The lowest BCUT2D eigenvalue weighted by molar-refractivity contribution is 0.324. The third-order valence-corrected chi connectivity index (χ3v) is 4.17. The van der Waals surface area contributed by atoms with Crippen molar-refractivity contribution in [1.29, 1.82) is 0 Å². The molecule has 0 aliphatic rings. The lowest BCUT2D eigenvalue weighted by atomic mass is 9.95. The van der Waals surface area contributed by atoms with Gasteiger partial charge in [-0.3, -0.25) is 0 Å². The standard InChI is InChI=1S/C23H22O3/c1-24-21-15-19(16-22(25-2)23(21)26-3)20(18-12-8-5-9-13-18)14-17-10-6-4-7-11-17/h4-16H,1-3H3. The average molecular weight is 346 g/mol. The highest BCUT2D eigenvalue weighted by Gasteiger charge is 2.16. The maximum atomic E-state index is 5.52. The molecule has 0 bridgehead atoms. The van der Waals surface area contributed by atoms with Gasteiger partial charge in [-0.25, -0.2) is 0 Å². The Bertz CT molecular complexity index is 859. The van der Waals surface area contributed by atoms with Gasteiger partial charge in [-0.2, -0.15) is 0 Å². The second kappa shape index (κ2) is 8.26. The molecule has 0 aliphatic heterocycles. The summed E-state index contributed by atoms with van der Waals surface area (Å²) in [7, 11) is 4.87. The number of hydrogen-bond acceptors (Lipinski definition) is 3. The lowest BCUT2D eigenvalue weighted by Crippen LogP contribution is -1.97. The summed E-state index contributed by atoms with van der Waals surface area (Å²) in [5, 5.41) is 0. The second-order valence-electron chi connectivity index (χ2n) is 5.75. The van der Waals surface area contributed by atoms with Crippen LogP contribution >= 0.6 is 0 Å². The van der Waals surface area contributed by atoms with E-state index in [0.717, 1.165) is 22.3 Å². The third kappa shape index (κ3) is 3.72. The van der Waals surface area contributed by atoms with E-state index in [4.69, 9.17) is 14.2 Å². The van der Waals surface area contributed by atoms with E-state index in [0.29, 0.717) is 17.2 Å². The van der Waals surface area contributed by atoms with Gasteiger partial charge >= 0.3 is 0 Å². The molecule has 3 rings (SSSR count). The minimum absolute atomic E-state index is 0.589. The summed E-state index contributed by atoms with van der Waals surface area (Å²) < 4.78 is 16.5. The summed E-state index contributed by atoms with van der Waals surface area (Å²) in [5.41, 5.74) is 4.32. The molecule has 0 fully saturated rings. The van der Waals surface area contributed by atoms with Crippen LogP contribution in [0.5, 0.6) is 17.2 Å². The zero-order valence-corrected chi connectivity index (χ0v) is 15.2. The van der Waals surface area contributed by atoms with Gasteiger partial charge in [0, 0.05) is 0 Å². The van der Waals surface area contributed by atoms with Crippen molar-refractivity contribution in [3.63, 3.8) is 0 Å². The van der Waals surface area contributed by atoms with E-state index < -0.39 is 0 Å². The van der Waals surface area contributed by atoms with Crippen molar-refractivity contribution < 1.29 is 14.2 Å². The highest BCUT2D eigenvalue weighted by Crippen LogP contribution is 2.41. The summed E-state index contributed by atoms with van der Waals surface area (Å²) >= 11 is 0. The van der Waals surface area contributed by atoms with Crippen LogP contribution in [0.25, 0.3) is 11.6 Å². The molecule has 3 heteroatoms. The monoisotopic (exact) mass is 346 g/mol. The van der Waals surface area contributed by atoms with Gasteiger partial charge in [0.2, 0.25) is 5.75 Å². The quantitative estimate of drug-likeness (QED) is 0.567. The fraction of sp³-hybridized carbons (Fsp3) is 0.130. The van der Waals surface area contributed by atoms with Gasteiger partial charge in [-0.15, -0.1) is 0 Å². The minimum atomic E-state index is 0.589.